The van der Waals surface area contributed by atoms with E-state index in [9.17, 15) is 17.2 Å². The van der Waals surface area contributed by atoms with Gasteiger partial charge < -0.3 is 0 Å². The van der Waals surface area contributed by atoms with E-state index >= 15 is 0 Å². The molecule has 0 saturated carbocycles. The summed E-state index contributed by atoms with van der Waals surface area (Å²) in [6, 6.07) is 2.93. The molecule has 0 atom stereocenters. The molecule has 0 spiro atoms. The molecule has 20 heavy (non-hydrogen) atoms. The predicted octanol–water partition coefficient (Wildman–Crippen LogP) is 2.25. The summed E-state index contributed by atoms with van der Waals surface area (Å²) >= 11 is 1.03. The van der Waals surface area contributed by atoms with Gasteiger partial charge in [0.25, 0.3) is 10.0 Å². The van der Waals surface area contributed by atoms with E-state index in [2.05, 4.69) is 10.9 Å². The molecule has 1 aromatic heterocycles. The Hall–Kier alpha value is -1.98. The summed E-state index contributed by atoms with van der Waals surface area (Å²) in [6.45, 7) is -0.328. The summed E-state index contributed by atoms with van der Waals surface area (Å²) in [7, 11) is -4.32. The van der Waals surface area contributed by atoms with E-state index in [1.54, 1.807) is 5.38 Å². The second-order valence-corrected chi connectivity index (χ2v) is 6.29. The lowest BCUT2D eigenvalue weighted by Gasteiger charge is -2.19. The molecule has 0 aliphatic rings. The molecule has 0 unspecified atom stereocenters. The Morgan fingerprint density at radius 2 is 2.15 bits per heavy atom. The minimum atomic E-state index is -4.32. The summed E-state index contributed by atoms with van der Waals surface area (Å²) in [4.78, 5) is 3.06. The molecule has 0 bridgehead atoms. The van der Waals surface area contributed by atoms with Crippen molar-refractivity contribution in [2.24, 2.45) is 0 Å². The molecule has 0 aliphatic heterocycles. The number of terminal acetylenes is 1. The Morgan fingerprint density at radius 1 is 1.40 bits per heavy atom. The highest BCUT2D eigenvalue weighted by Gasteiger charge is 2.30. The van der Waals surface area contributed by atoms with Gasteiger partial charge in [-0.2, -0.15) is 0 Å². The van der Waals surface area contributed by atoms with Crippen LogP contribution in [-0.4, -0.2) is 19.9 Å². The molecule has 2 aromatic rings. The number of nitrogens with zero attached hydrogens (tertiary/aromatic N) is 2. The molecule has 0 radical (unpaired) electrons. The largest absolute Gasteiger partial charge is 0.270 e. The van der Waals surface area contributed by atoms with Crippen molar-refractivity contribution < 1.29 is 17.2 Å². The quantitative estimate of drug-likeness (QED) is 0.813. The van der Waals surface area contributed by atoms with Gasteiger partial charge >= 0.3 is 0 Å². The summed E-state index contributed by atoms with van der Waals surface area (Å²) in [5.41, 5.74) is 0. The maximum absolute atomic E-state index is 13.7. The average molecular weight is 314 g/mol. The topological polar surface area (TPSA) is 50.3 Å². The zero-order valence-corrected chi connectivity index (χ0v) is 11.6. The lowest BCUT2D eigenvalue weighted by atomic mass is 10.3. The smallest absolute Gasteiger partial charge is 0.229 e. The van der Waals surface area contributed by atoms with Crippen molar-refractivity contribution in [2.45, 2.75) is 4.90 Å². The van der Waals surface area contributed by atoms with E-state index in [1.165, 1.54) is 6.20 Å². The fourth-order valence-electron chi connectivity index (χ4n) is 1.48. The first-order chi connectivity index (χ1) is 9.48. The monoisotopic (exact) mass is 314 g/mol. The van der Waals surface area contributed by atoms with Gasteiger partial charge in [-0.3, -0.25) is 0 Å². The van der Waals surface area contributed by atoms with E-state index in [0.29, 0.717) is 0 Å². The Balaban J connectivity index is 2.58. The van der Waals surface area contributed by atoms with Crippen molar-refractivity contribution in [2.75, 3.05) is 10.8 Å². The number of rotatable bonds is 4. The van der Waals surface area contributed by atoms with Crippen molar-refractivity contribution in [3.8, 4) is 12.3 Å². The molecule has 0 fully saturated rings. The summed E-state index contributed by atoms with van der Waals surface area (Å²) in [5.74, 6) is -0.520. The number of hydrogen-bond donors (Lipinski definition) is 0. The molecule has 104 valence electrons. The summed E-state index contributed by atoms with van der Waals surface area (Å²) < 4.78 is 52.4. The van der Waals surface area contributed by atoms with Crippen LogP contribution in [0.2, 0.25) is 0 Å². The third-order valence-corrected chi connectivity index (χ3v) is 5.02. The van der Waals surface area contributed by atoms with E-state index in [0.717, 1.165) is 33.8 Å². The van der Waals surface area contributed by atoms with Crippen LogP contribution in [-0.2, 0) is 10.0 Å². The minimum Gasteiger partial charge on any atom is -0.229 e. The Morgan fingerprint density at radius 3 is 2.75 bits per heavy atom. The first-order valence-electron chi connectivity index (χ1n) is 5.28. The van der Waals surface area contributed by atoms with Crippen LogP contribution in [0.5, 0.6) is 0 Å². The lowest BCUT2D eigenvalue weighted by molar-refractivity contribution is 0.484. The Kier molecular flexibility index (Phi) is 4.01. The van der Waals surface area contributed by atoms with E-state index in [4.69, 9.17) is 6.42 Å². The van der Waals surface area contributed by atoms with E-state index in [-0.39, 0.29) is 11.7 Å². The Bertz CT molecular complexity index is 752. The number of benzene rings is 1. The third-order valence-electron chi connectivity index (χ3n) is 2.35. The molecule has 1 heterocycles. The fourth-order valence-corrected chi connectivity index (χ4v) is 3.76. The molecule has 0 amide bonds. The lowest BCUT2D eigenvalue weighted by Crippen LogP contribution is -2.32. The molecule has 4 nitrogen and oxygen atoms in total. The van der Waals surface area contributed by atoms with Crippen molar-refractivity contribution in [3.63, 3.8) is 0 Å². The standard InChI is InChI=1S/C12H8F2N2O2S2/c1-2-7-16(12-15-6-8-19-12)20(17,18)10-5-3-4-9(13)11(10)14/h1,3-6,8H,7H2. The van der Waals surface area contributed by atoms with Gasteiger partial charge in [0.15, 0.2) is 16.8 Å². The van der Waals surface area contributed by atoms with Gasteiger partial charge in [0.05, 0.1) is 6.54 Å². The SMILES string of the molecule is C#CCN(c1nccs1)S(=O)(=O)c1cccc(F)c1F. The minimum absolute atomic E-state index is 0.0895. The van der Waals surface area contributed by atoms with Crippen molar-refractivity contribution in [1.82, 2.24) is 4.98 Å². The van der Waals surface area contributed by atoms with Crippen LogP contribution in [0.15, 0.2) is 34.7 Å². The van der Waals surface area contributed by atoms with Gasteiger partial charge in [-0.25, -0.2) is 26.5 Å². The molecule has 8 heteroatoms. The van der Waals surface area contributed by atoms with Crippen molar-refractivity contribution >= 4 is 26.5 Å². The van der Waals surface area contributed by atoms with Gasteiger partial charge in [0.2, 0.25) is 0 Å². The highest BCUT2D eigenvalue weighted by atomic mass is 32.2. The molecular formula is C12H8F2N2O2S2. The van der Waals surface area contributed by atoms with Crippen LogP contribution < -0.4 is 4.31 Å². The number of thiazole rings is 1. The Labute approximate surface area is 118 Å². The van der Waals surface area contributed by atoms with Crippen LogP contribution in [0.1, 0.15) is 0 Å². The normalized spacial score (nSPS) is 11.1. The molecule has 0 aliphatic carbocycles. The van der Waals surface area contributed by atoms with Gasteiger partial charge in [0.1, 0.15) is 4.90 Å². The van der Waals surface area contributed by atoms with Gasteiger partial charge in [-0.15, -0.1) is 17.8 Å². The zero-order valence-electron chi connectivity index (χ0n) is 9.95. The second-order valence-electron chi connectivity index (χ2n) is 3.58. The zero-order chi connectivity index (χ0) is 14.8. The number of aromatic nitrogens is 1. The van der Waals surface area contributed by atoms with Crippen LogP contribution >= 0.6 is 11.3 Å². The number of halogens is 2. The van der Waals surface area contributed by atoms with Gasteiger partial charge in [-0.1, -0.05) is 12.0 Å². The average Bonchev–Trinajstić information content (AvgIpc) is 2.92. The molecule has 0 N–H and O–H groups in total. The number of hydrogen-bond acceptors (Lipinski definition) is 4. The fraction of sp³-hybridized carbons (Fsp3) is 0.0833. The third kappa shape index (κ3) is 2.50. The van der Waals surface area contributed by atoms with Crippen LogP contribution in [0.3, 0.4) is 0 Å². The molecule has 0 saturated heterocycles. The predicted molar refractivity (Wildman–Crippen MR) is 71.8 cm³/mol. The highest BCUT2D eigenvalue weighted by molar-refractivity contribution is 7.93. The maximum atomic E-state index is 13.7. The molecular weight excluding hydrogens is 306 g/mol. The van der Waals surface area contributed by atoms with Gasteiger partial charge in [-0.05, 0) is 12.1 Å². The van der Waals surface area contributed by atoms with Crippen molar-refractivity contribution in [3.05, 3.63) is 41.4 Å². The van der Waals surface area contributed by atoms with Crippen LogP contribution in [0.4, 0.5) is 13.9 Å². The molecule has 1 aromatic carbocycles. The number of anilines is 1. The highest BCUT2D eigenvalue weighted by Crippen LogP contribution is 2.27. The van der Waals surface area contributed by atoms with Crippen LogP contribution in [0, 0.1) is 24.0 Å². The number of sulfonamides is 1. The molecule has 2 rings (SSSR count). The first kappa shape index (κ1) is 14.4. The summed E-state index contributed by atoms with van der Waals surface area (Å²) in [5, 5.41) is 1.64. The van der Waals surface area contributed by atoms with Gasteiger partial charge in [0, 0.05) is 11.6 Å². The second kappa shape index (κ2) is 5.56. The van der Waals surface area contributed by atoms with E-state index < -0.39 is 26.6 Å². The first-order valence-corrected chi connectivity index (χ1v) is 7.60. The van der Waals surface area contributed by atoms with E-state index in [1.807, 2.05) is 0 Å². The van der Waals surface area contributed by atoms with Crippen LogP contribution in [0.25, 0.3) is 0 Å². The summed E-state index contributed by atoms with van der Waals surface area (Å²) in [6.07, 6.45) is 6.52. The maximum Gasteiger partial charge on any atom is 0.270 e. The van der Waals surface area contributed by atoms with Crippen molar-refractivity contribution in [1.29, 1.82) is 0 Å².